The monoisotopic (exact) mass is 232 g/mol. The third kappa shape index (κ3) is 1.93. The largest absolute Gasteiger partial charge is 0.508 e. The average molecular weight is 232 g/mol. The van der Waals surface area contributed by atoms with Crippen LogP contribution < -0.4 is 11.5 Å². The zero-order valence-corrected chi connectivity index (χ0v) is 9.59. The van der Waals surface area contributed by atoms with Gasteiger partial charge in [0.25, 0.3) is 0 Å². The summed E-state index contributed by atoms with van der Waals surface area (Å²) in [6.45, 7) is 1.99. The quantitative estimate of drug-likeness (QED) is 0.441. The second-order valence-electron chi connectivity index (χ2n) is 4.34. The molecule has 2 unspecified atom stereocenters. The first-order valence-corrected chi connectivity index (χ1v) is 5.46. The number of aliphatic hydroxyl groups is 1. The number of hydrogen-bond donors (Lipinski definition) is 4. The molecule has 4 nitrogen and oxygen atoms in total. The van der Waals surface area contributed by atoms with Crippen molar-refractivity contribution in [1.29, 1.82) is 0 Å². The third-order valence-corrected chi connectivity index (χ3v) is 3.13. The van der Waals surface area contributed by atoms with Crippen LogP contribution in [0.15, 0.2) is 36.1 Å². The van der Waals surface area contributed by atoms with Crippen molar-refractivity contribution in [2.45, 2.75) is 12.8 Å². The minimum Gasteiger partial charge on any atom is -0.508 e. The summed E-state index contributed by atoms with van der Waals surface area (Å²) in [5.41, 5.74) is 13.1. The van der Waals surface area contributed by atoms with E-state index in [1.54, 1.807) is 24.3 Å². The number of nitrogens with two attached hydrogens (primary N) is 2. The van der Waals surface area contributed by atoms with Gasteiger partial charge in [-0.2, -0.15) is 0 Å². The van der Waals surface area contributed by atoms with Crippen LogP contribution in [0.4, 0.5) is 11.4 Å². The van der Waals surface area contributed by atoms with Gasteiger partial charge in [-0.25, -0.2) is 0 Å². The molecular formula is C13H16N2O2. The van der Waals surface area contributed by atoms with Crippen LogP contribution in [0.2, 0.25) is 0 Å². The first-order chi connectivity index (χ1) is 8.00. The van der Waals surface area contributed by atoms with E-state index in [9.17, 15) is 10.2 Å². The molecule has 0 aliphatic heterocycles. The summed E-state index contributed by atoms with van der Waals surface area (Å²) >= 11 is 0. The maximum absolute atomic E-state index is 9.46. The molecule has 1 aliphatic rings. The Morgan fingerprint density at radius 2 is 1.82 bits per heavy atom. The van der Waals surface area contributed by atoms with Crippen LogP contribution in [-0.2, 0) is 0 Å². The van der Waals surface area contributed by atoms with Gasteiger partial charge in [-0.05, 0) is 29.7 Å². The van der Waals surface area contributed by atoms with Crippen molar-refractivity contribution < 1.29 is 10.2 Å². The molecule has 6 N–H and O–H groups in total. The maximum Gasteiger partial charge on any atom is 0.140 e. The molecule has 1 aliphatic carbocycles. The number of anilines is 2. The second-order valence-corrected chi connectivity index (χ2v) is 4.34. The van der Waals surface area contributed by atoms with Crippen molar-refractivity contribution in [3.05, 3.63) is 41.7 Å². The van der Waals surface area contributed by atoms with E-state index < -0.39 is 0 Å². The summed E-state index contributed by atoms with van der Waals surface area (Å²) in [5, 5.41) is 18.8. The fraction of sp³-hybridized carbons (Fsp3) is 0.231. The molecule has 0 spiro atoms. The molecule has 0 saturated carbocycles. The minimum absolute atomic E-state index is 0.00270. The Morgan fingerprint density at radius 3 is 2.47 bits per heavy atom. The van der Waals surface area contributed by atoms with Gasteiger partial charge in [0.1, 0.15) is 11.5 Å². The van der Waals surface area contributed by atoms with Crippen LogP contribution in [-0.4, -0.2) is 10.2 Å². The van der Waals surface area contributed by atoms with Gasteiger partial charge in [-0.15, -0.1) is 0 Å². The lowest BCUT2D eigenvalue weighted by molar-refractivity contribution is 0.415. The van der Waals surface area contributed by atoms with E-state index in [-0.39, 0.29) is 29.0 Å². The van der Waals surface area contributed by atoms with Crippen molar-refractivity contribution in [2.75, 3.05) is 11.5 Å². The van der Waals surface area contributed by atoms with Gasteiger partial charge in [0.15, 0.2) is 0 Å². The Labute approximate surface area is 99.9 Å². The molecule has 0 saturated heterocycles. The molecule has 2 atom stereocenters. The van der Waals surface area contributed by atoms with E-state index in [0.717, 1.165) is 5.56 Å². The molecule has 0 amide bonds. The van der Waals surface area contributed by atoms with Crippen molar-refractivity contribution >= 4 is 11.4 Å². The van der Waals surface area contributed by atoms with Gasteiger partial charge in [0.2, 0.25) is 0 Å². The standard InChI is InChI=1S/C13H16N2O2/c1-7-6-8(16)2-3-9(7)10-4-5-11(17)13(15)12(10)14/h2-7,9,16-17H,14-15H2,1H3. The van der Waals surface area contributed by atoms with Crippen LogP contribution in [0, 0.1) is 5.92 Å². The molecule has 90 valence electrons. The molecule has 0 fully saturated rings. The zero-order chi connectivity index (χ0) is 12.6. The number of hydrogen-bond acceptors (Lipinski definition) is 4. The molecule has 0 bridgehead atoms. The minimum atomic E-state index is -0.00270. The highest BCUT2D eigenvalue weighted by Crippen LogP contribution is 2.39. The molecule has 4 heteroatoms. The Kier molecular flexibility index (Phi) is 2.71. The molecule has 0 heterocycles. The van der Waals surface area contributed by atoms with Gasteiger partial charge >= 0.3 is 0 Å². The van der Waals surface area contributed by atoms with Crippen LogP contribution in [0.3, 0.4) is 0 Å². The number of nitrogen functional groups attached to an aromatic ring is 2. The lowest BCUT2D eigenvalue weighted by atomic mass is 9.83. The summed E-state index contributed by atoms with van der Waals surface area (Å²) in [5.74, 6) is 0.455. The molecule has 1 aromatic carbocycles. The highest BCUT2D eigenvalue weighted by molar-refractivity contribution is 5.74. The number of rotatable bonds is 1. The molecular weight excluding hydrogens is 216 g/mol. The van der Waals surface area contributed by atoms with Crippen LogP contribution in [0.1, 0.15) is 18.4 Å². The highest BCUT2D eigenvalue weighted by atomic mass is 16.3. The normalized spacial score (nSPS) is 23.5. The Hall–Kier alpha value is -2.10. The van der Waals surface area contributed by atoms with E-state index in [2.05, 4.69) is 0 Å². The topological polar surface area (TPSA) is 92.5 Å². The number of allylic oxidation sites excluding steroid dienone is 3. The zero-order valence-electron chi connectivity index (χ0n) is 9.59. The lowest BCUT2D eigenvalue weighted by Gasteiger charge is -2.24. The average Bonchev–Trinajstić information content (AvgIpc) is 2.28. The number of benzene rings is 1. The van der Waals surface area contributed by atoms with E-state index in [1.807, 2.05) is 13.0 Å². The first-order valence-electron chi connectivity index (χ1n) is 5.46. The van der Waals surface area contributed by atoms with Crippen LogP contribution in [0.25, 0.3) is 0 Å². The fourth-order valence-corrected chi connectivity index (χ4v) is 2.13. The van der Waals surface area contributed by atoms with Gasteiger partial charge in [-0.1, -0.05) is 19.1 Å². The Balaban J connectivity index is 2.43. The van der Waals surface area contributed by atoms with E-state index in [0.29, 0.717) is 5.69 Å². The fourth-order valence-electron chi connectivity index (χ4n) is 2.13. The molecule has 0 aromatic heterocycles. The summed E-state index contributed by atoms with van der Waals surface area (Å²) in [7, 11) is 0. The van der Waals surface area contributed by atoms with Gasteiger partial charge in [-0.3, -0.25) is 0 Å². The summed E-state index contributed by atoms with van der Waals surface area (Å²) < 4.78 is 0. The smallest absolute Gasteiger partial charge is 0.140 e. The molecule has 17 heavy (non-hydrogen) atoms. The Bertz CT molecular complexity index is 506. The molecule has 0 radical (unpaired) electrons. The third-order valence-electron chi connectivity index (χ3n) is 3.13. The van der Waals surface area contributed by atoms with Crippen molar-refractivity contribution in [3.63, 3.8) is 0 Å². The number of phenolic OH excluding ortho intramolecular Hbond substituents is 1. The summed E-state index contributed by atoms with van der Waals surface area (Å²) in [6, 6.07) is 3.31. The predicted molar refractivity (Wildman–Crippen MR) is 68.7 cm³/mol. The molecule has 2 rings (SSSR count). The van der Waals surface area contributed by atoms with E-state index in [1.165, 1.54) is 0 Å². The Morgan fingerprint density at radius 1 is 1.12 bits per heavy atom. The number of aromatic hydroxyl groups is 1. The lowest BCUT2D eigenvalue weighted by Crippen LogP contribution is -2.12. The summed E-state index contributed by atoms with van der Waals surface area (Å²) in [4.78, 5) is 0. The number of aliphatic hydroxyl groups excluding tert-OH is 1. The summed E-state index contributed by atoms with van der Waals surface area (Å²) in [6.07, 6.45) is 5.31. The van der Waals surface area contributed by atoms with Gasteiger partial charge in [0, 0.05) is 5.92 Å². The van der Waals surface area contributed by atoms with Crippen molar-refractivity contribution in [1.82, 2.24) is 0 Å². The van der Waals surface area contributed by atoms with Gasteiger partial charge < -0.3 is 21.7 Å². The van der Waals surface area contributed by atoms with E-state index in [4.69, 9.17) is 11.5 Å². The van der Waals surface area contributed by atoms with Crippen LogP contribution >= 0.6 is 0 Å². The number of phenols is 1. The second kappa shape index (κ2) is 4.05. The van der Waals surface area contributed by atoms with Gasteiger partial charge in [0.05, 0.1) is 11.4 Å². The first kappa shape index (κ1) is 11.4. The maximum atomic E-state index is 9.46. The predicted octanol–water partition coefficient (Wildman–Crippen LogP) is 2.29. The molecule has 1 aromatic rings. The SMILES string of the molecule is CC1C=C(O)C=CC1c1ccc(O)c(N)c1N. The van der Waals surface area contributed by atoms with E-state index >= 15 is 0 Å². The van der Waals surface area contributed by atoms with Crippen molar-refractivity contribution in [2.24, 2.45) is 5.92 Å². The highest BCUT2D eigenvalue weighted by Gasteiger charge is 2.22. The van der Waals surface area contributed by atoms with Crippen LogP contribution in [0.5, 0.6) is 5.75 Å². The van der Waals surface area contributed by atoms with Crippen molar-refractivity contribution in [3.8, 4) is 5.75 Å².